The van der Waals surface area contributed by atoms with Crippen molar-refractivity contribution in [2.24, 2.45) is 0 Å². The summed E-state index contributed by atoms with van der Waals surface area (Å²) in [5.41, 5.74) is 9.15. The molecule has 3 aromatic carbocycles. The number of rotatable bonds is 4. The number of halogens is 1. The third-order valence-corrected chi connectivity index (χ3v) is 4.68. The van der Waals surface area contributed by atoms with Gasteiger partial charge in [0, 0.05) is 11.3 Å². The summed E-state index contributed by atoms with van der Waals surface area (Å²) in [6, 6.07) is 25.4. The second-order valence-corrected chi connectivity index (χ2v) is 6.73. The fourth-order valence-electron chi connectivity index (χ4n) is 3.30. The van der Waals surface area contributed by atoms with E-state index in [0.29, 0.717) is 34.2 Å². The first kappa shape index (κ1) is 17.8. The van der Waals surface area contributed by atoms with Gasteiger partial charge in [0.25, 0.3) is 0 Å². The quantitative estimate of drug-likeness (QED) is 0.449. The van der Waals surface area contributed by atoms with Crippen molar-refractivity contribution in [3.05, 3.63) is 90.7 Å². The topological polar surface area (TPSA) is 81.7 Å². The molecule has 0 atom stereocenters. The molecule has 0 unspecified atom stereocenters. The van der Waals surface area contributed by atoms with E-state index >= 15 is 0 Å². The summed E-state index contributed by atoms with van der Waals surface area (Å²) >= 11 is 0. The van der Waals surface area contributed by atoms with Crippen LogP contribution >= 0.6 is 0 Å². The lowest BCUT2D eigenvalue weighted by atomic mass is 10.2. The van der Waals surface area contributed by atoms with Crippen LogP contribution in [0, 0.1) is 5.82 Å². The molecule has 3 N–H and O–H groups in total. The van der Waals surface area contributed by atoms with Crippen molar-refractivity contribution in [2.45, 2.75) is 0 Å². The summed E-state index contributed by atoms with van der Waals surface area (Å²) in [5.74, 6) is 0.911. The minimum absolute atomic E-state index is 0.292. The van der Waals surface area contributed by atoms with E-state index in [4.69, 9.17) is 10.7 Å². The fourth-order valence-corrected chi connectivity index (χ4v) is 3.30. The van der Waals surface area contributed by atoms with Crippen molar-refractivity contribution in [1.82, 2.24) is 19.7 Å². The summed E-state index contributed by atoms with van der Waals surface area (Å²) in [4.78, 5) is 9.26. The van der Waals surface area contributed by atoms with Gasteiger partial charge in [0.05, 0.1) is 5.69 Å². The minimum Gasteiger partial charge on any atom is -0.383 e. The van der Waals surface area contributed by atoms with Gasteiger partial charge in [-0.3, -0.25) is 0 Å². The third-order valence-electron chi connectivity index (χ3n) is 4.68. The van der Waals surface area contributed by atoms with E-state index in [0.717, 1.165) is 11.3 Å². The van der Waals surface area contributed by atoms with Crippen LogP contribution in [0.4, 0.5) is 21.7 Å². The number of benzene rings is 3. The number of nitrogens with two attached hydrogens (primary N) is 1. The number of anilines is 3. The van der Waals surface area contributed by atoms with Crippen molar-refractivity contribution in [1.29, 1.82) is 0 Å². The van der Waals surface area contributed by atoms with Crippen molar-refractivity contribution < 1.29 is 4.39 Å². The Balaban J connectivity index is 1.73. The summed E-state index contributed by atoms with van der Waals surface area (Å²) in [7, 11) is 0. The molecule has 2 heterocycles. The fraction of sp³-hybridized carbons (Fsp3) is 0. The number of aromatic nitrogens is 4. The maximum atomic E-state index is 13.7. The highest BCUT2D eigenvalue weighted by molar-refractivity contribution is 5.99. The van der Waals surface area contributed by atoms with Crippen LogP contribution < -0.4 is 11.1 Å². The number of para-hydroxylation sites is 1. The minimum atomic E-state index is -0.345. The Morgan fingerprint density at radius 2 is 1.57 bits per heavy atom. The first-order valence-electron chi connectivity index (χ1n) is 9.39. The molecule has 0 saturated heterocycles. The summed E-state index contributed by atoms with van der Waals surface area (Å²) in [6.45, 7) is 0. The molecule has 0 bridgehead atoms. The molecule has 0 radical (unpaired) electrons. The Morgan fingerprint density at radius 1 is 0.833 bits per heavy atom. The number of hydrogen-bond donors (Lipinski definition) is 2. The molecular formula is C23H17FN6. The van der Waals surface area contributed by atoms with Gasteiger partial charge >= 0.3 is 0 Å². The van der Waals surface area contributed by atoms with E-state index in [9.17, 15) is 4.39 Å². The van der Waals surface area contributed by atoms with Crippen LogP contribution in [0.2, 0.25) is 0 Å². The molecule has 5 rings (SSSR count). The van der Waals surface area contributed by atoms with E-state index in [1.165, 1.54) is 12.1 Å². The number of nitrogens with zero attached hydrogens (tertiary/aromatic N) is 4. The third kappa shape index (κ3) is 3.22. The smallest absolute Gasteiger partial charge is 0.171 e. The zero-order valence-corrected chi connectivity index (χ0v) is 15.8. The lowest BCUT2D eigenvalue weighted by Crippen LogP contribution is -2.01. The molecule has 0 saturated carbocycles. The maximum Gasteiger partial charge on any atom is 0.171 e. The van der Waals surface area contributed by atoms with Crippen LogP contribution in [-0.4, -0.2) is 19.7 Å². The van der Waals surface area contributed by atoms with Crippen molar-refractivity contribution in [3.8, 4) is 17.1 Å². The molecule has 0 spiro atoms. The Kier molecular flexibility index (Phi) is 4.33. The van der Waals surface area contributed by atoms with E-state index in [1.807, 2.05) is 60.7 Å². The SMILES string of the molecule is Nc1nc(-c2ccccc2)nc2c1c(Nc1cccc(F)c1)nn2-c1ccccc1. The molecular weight excluding hydrogens is 379 g/mol. The Morgan fingerprint density at radius 3 is 2.30 bits per heavy atom. The number of fused-ring (bicyclic) bond motifs is 1. The van der Waals surface area contributed by atoms with Crippen molar-refractivity contribution in [2.75, 3.05) is 11.1 Å². The van der Waals surface area contributed by atoms with Gasteiger partial charge in [0.1, 0.15) is 17.0 Å². The molecule has 2 aromatic heterocycles. The molecule has 5 aromatic rings. The van der Waals surface area contributed by atoms with Gasteiger partial charge in [0.15, 0.2) is 17.3 Å². The molecule has 6 nitrogen and oxygen atoms in total. The van der Waals surface area contributed by atoms with Gasteiger partial charge in [-0.25, -0.2) is 19.0 Å². The Labute approximate surface area is 171 Å². The van der Waals surface area contributed by atoms with Gasteiger partial charge in [0.2, 0.25) is 0 Å². The molecule has 0 amide bonds. The molecule has 0 aliphatic carbocycles. The van der Waals surface area contributed by atoms with E-state index in [2.05, 4.69) is 15.4 Å². The molecule has 146 valence electrons. The van der Waals surface area contributed by atoms with Crippen LogP contribution in [0.25, 0.3) is 28.1 Å². The summed E-state index contributed by atoms with van der Waals surface area (Å²) in [6.07, 6.45) is 0. The van der Waals surface area contributed by atoms with Crippen LogP contribution in [0.3, 0.4) is 0 Å². The number of hydrogen-bond acceptors (Lipinski definition) is 5. The van der Waals surface area contributed by atoms with Crippen LogP contribution in [0.1, 0.15) is 0 Å². The highest BCUT2D eigenvalue weighted by atomic mass is 19.1. The first-order chi connectivity index (χ1) is 14.7. The molecule has 0 aliphatic rings. The lowest BCUT2D eigenvalue weighted by Gasteiger charge is -2.06. The molecule has 0 aliphatic heterocycles. The van der Waals surface area contributed by atoms with Gasteiger partial charge in [-0.05, 0) is 30.3 Å². The highest BCUT2D eigenvalue weighted by Crippen LogP contribution is 2.32. The van der Waals surface area contributed by atoms with Crippen molar-refractivity contribution >= 4 is 28.4 Å². The standard InChI is InChI=1S/C23H17FN6/c24-16-10-7-11-17(14-16)26-22-19-20(25)27-21(15-8-3-1-4-9-15)28-23(19)30(29-22)18-12-5-2-6-13-18/h1-14H,(H,26,29)(H2,25,27,28). The van der Waals surface area contributed by atoms with E-state index in [-0.39, 0.29) is 5.82 Å². The average molecular weight is 396 g/mol. The van der Waals surface area contributed by atoms with Gasteiger partial charge in [-0.2, -0.15) is 0 Å². The molecule has 0 fully saturated rings. The maximum absolute atomic E-state index is 13.7. The van der Waals surface area contributed by atoms with Crippen LogP contribution in [0.5, 0.6) is 0 Å². The van der Waals surface area contributed by atoms with E-state index in [1.54, 1.807) is 16.8 Å². The molecule has 30 heavy (non-hydrogen) atoms. The van der Waals surface area contributed by atoms with Crippen LogP contribution in [0.15, 0.2) is 84.9 Å². The van der Waals surface area contributed by atoms with Gasteiger partial charge < -0.3 is 11.1 Å². The zero-order valence-electron chi connectivity index (χ0n) is 15.8. The second-order valence-electron chi connectivity index (χ2n) is 6.73. The van der Waals surface area contributed by atoms with Crippen LogP contribution in [-0.2, 0) is 0 Å². The zero-order chi connectivity index (χ0) is 20.5. The Bertz CT molecular complexity index is 1330. The van der Waals surface area contributed by atoms with Gasteiger partial charge in [-0.1, -0.05) is 54.6 Å². The number of nitrogens with one attached hydrogen (secondary N) is 1. The van der Waals surface area contributed by atoms with E-state index < -0.39 is 0 Å². The highest BCUT2D eigenvalue weighted by Gasteiger charge is 2.19. The summed E-state index contributed by atoms with van der Waals surface area (Å²) in [5, 5.41) is 8.40. The van der Waals surface area contributed by atoms with Gasteiger partial charge in [-0.15, -0.1) is 5.10 Å². The second kappa shape index (κ2) is 7.29. The normalized spacial score (nSPS) is 11.0. The monoisotopic (exact) mass is 396 g/mol. The number of nitrogen functional groups attached to an aromatic ring is 1. The predicted octanol–water partition coefficient (Wildman–Crippen LogP) is 4.95. The first-order valence-corrected chi connectivity index (χ1v) is 9.39. The molecule has 7 heteroatoms. The lowest BCUT2D eigenvalue weighted by molar-refractivity contribution is 0.628. The summed E-state index contributed by atoms with van der Waals surface area (Å²) < 4.78 is 15.4. The largest absolute Gasteiger partial charge is 0.383 e. The average Bonchev–Trinajstić information content (AvgIpc) is 3.14. The predicted molar refractivity (Wildman–Crippen MR) is 116 cm³/mol. The van der Waals surface area contributed by atoms with Crippen molar-refractivity contribution in [3.63, 3.8) is 0 Å². The Hall–Kier alpha value is -4.26.